The average molecular weight is 301 g/mol. The summed E-state index contributed by atoms with van der Waals surface area (Å²) in [5, 5.41) is 14.7. The van der Waals surface area contributed by atoms with Crippen LogP contribution in [0.4, 0.5) is 5.69 Å². The Bertz CT molecular complexity index is 642. The van der Waals surface area contributed by atoms with E-state index in [2.05, 4.69) is 22.1 Å². The molecular weight excluding hydrogens is 282 g/mol. The summed E-state index contributed by atoms with van der Waals surface area (Å²) in [6.45, 7) is 3.16. The minimum atomic E-state index is -0.430. The van der Waals surface area contributed by atoms with Gasteiger partial charge >= 0.3 is 5.69 Å². The van der Waals surface area contributed by atoms with E-state index in [1.165, 1.54) is 18.0 Å². The Hall–Kier alpha value is -2.25. The van der Waals surface area contributed by atoms with Gasteiger partial charge in [0.15, 0.2) is 0 Å². The molecular formula is C15H19N5O2. The van der Waals surface area contributed by atoms with Gasteiger partial charge in [-0.05, 0) is 5.56 Å². The Labute approximate surface area is 128 Å². The largest absolute Gasteiger partial charge is 0.326 e. The van der Waals surface area contributed by atoms with Crippen molar-refractivity contribution in [1.82, 2.24) is 14.7 Å². The highest BCUT2D eigenvalue weighted by atomic mass is 16.6. The van der Waals surface area contributed by atoms with E-state index in [0.717, 1.165) is 19.6 Å². The second-order valence-electron chi connectivity index (χ2n) is 5.66. The molecule has 1 aliphatic heterocycles. The Balaban J connectivity index is 1.57. The predicted octanol–water partition coefficient (Wildman–Crippen LogP) is 1.22. The van der Waals surface area contributed by atoms with Crippen LogP contribution in [0.2, 0.25) is 0 Å². The zero-order valence-corrected chi connectivity index (χ0v) is 12.2. The topological polar surface area (TPSA) is 90.2 Å². The first-order valence-electron chi connectivity index (χ1n) is 7.33. The summed E-state index contributed by atoms with van der Waals surface area (Å²) in [4.78, 5) is 12.5. The maximum absolute atomic E-state index is 10.6. The maximum Gasteiger partial charge on any atom is 0.306 e. The fourth-order valence-corrected chi connectivity index (χ4v) is 2.96. The highest BCUT2D eigenvalue weighted by molar-refractivity contribution is 5.23. The lowest BCUT2D eigenvalue weighted by atomic mass is 9.95. The lowest BCUT2D eigenvalue weighted by molar-refractivity contribution is -0.385. The van der Waals surface area contributed by atoms with Crippen LogP contribution in [-0.2, 0) is 6.54 Å². The summed E-state index contributed by atoms with van der Waals surface area (Å²) in [6.07, 6.45) is 2.74. The maximum atomic E-state index is 10.6. The molecule has 7 nitrogen and oxygen atoms in total. The lowest BCUT2D eigenvalue weighted by Gasteiger charge is -2.15. The van der Waals surface area contributed by atoms with Crippen molar-refractivity contribution in [3.8, 4) is 0 Å². The van der Waals surface area contributed by atoms with Crippen LogP contribution >= 0.6 is 0 Å². The Morgan fingerprint density at radius 1 is 1.27 bits per heavy atom. The molecule has 2 aromatic rings. The van der Waals surface area contributed by atoms with Gasteiger partial charge in [-0.15, -0.1) is 0 Å². The molecule has 0 spiro atoms. The summed E-state index contributed by atoms with van der Waals surface area (Å²) < 4.78 is 1.61. The van der Waals surface area contributed by atoms with Crippen LogP contribution in [0.3, 0.4) is 0 Å². The number of nitrogens with two attached hydrogens (primary N) is 1. The number of hydrogen-bond acceptors (Lipinski definition) is 5. The van der Waals surface area contributed by atoms with Crippen LogP contribution in [0.25, 0.3) is 0 Å². The number of benzene rings is 1. The van der Waals surface area contributed by atoms with Crippen molar-refractivity contribution in [2.45, 2.75) is 18.5 Å². The number of aromatic nitrogens is 2. The second-order valence-corrected chi connectivity index (χ2v) is 5.66. The summed E-state index contributed by atoms with van der Waals surface area (Å²) in [6, 6.07) is 10.4. The number of hydrogen-bond donors (Lipinski definition) is 1. The smallest absolute Gasteiger partial charge is 0.306 e. The van der Waals surface area contributed by atoms with Crippen molar-refractivity contribution < 1.29 is 4.92 Å². The second kappa shape index (κ2) is 6.25. The average Bonchev–Trinajstić information content (AvgIpc) is 3.13. The molecule has 0 saturated carbocycles. The van der Waals surface area contributed by atoms with Crippen molar-refractivity contribution in [2.75, 3.05) is 19.6 Å². The number of likely N-dealkylation sites (tertiary alicyclic amines) is 1. The molecule has 0 amide bonds. The van der Waals surface area contributed by atoms with Crippen LogP contribution in [0.15, 0.2) is 42.7 Å². The first-order chi connectivity index (χ1) is 10.6. The monoisotopic (exact) mass is 301 g/mol. The molecule has 22 heavy (non-hydrogen) atoms. The fraction of sp³-hybridized carbons (Fsp3) is 0.400. The first kappa shape index (κ1) is 14.7. The molecule has 0 bridgehead atoms. The van der Waals surface area contributed by atoms with E-state index in [4.69, 9.17) is 5.73 Å². The van der Waals surface area contributed by atoms with E-state index < -0.39 is 4.92 Å². The van der Waals surface area contributed by atoms with Crippen LogP contribution in [0, 0.1) is 10.1 Å². The van der Waals surface area contributed by atoms with Crippen LogP contribution in [-0.4, -0.2) is 45.3 Å². The Morgan fingerprint density at radius 3 is 2.73 bits per heavy atom. The molecule has 0 unspecified atom stereocenters. The quantitative estimate of drug-likeness (QED) is 0.662. The van der Waals surface area contributed by atoms with Gasteiger partial charge in [0.25, 0.3) is 0 Å². The van der Waals surface area contributed by atoms with E-state index in [9.17, 15) is 10.1 Å². The standard InChI is InChI=1S/C15H19N5O2/c16-15-11-18(10-14(15)12-4-2-1-3-5-12)6-7-19-9-13(8-17-19)20(21)22/h1-5,8-9,14-15H,6-7,10-11,16H2/t14-,15+/m0/s1. The molecule has 1 saturated heterocycles. The Kier molecular flexibility index (Phi) is 4.17. The third kappa shape index (κ3) is 3.15. The molecule has 2 heterocycles. The third-order valence-electron chi connectivity index (χ3n) is 4.14. The molecule has 2 N–H and O–H groups in total. The van der Waals surface area contributed by atoms with Gasteiger partial charge in [-0.25, -0.2) is 0 Å². The van der Waals surface area contributed by atoms with Crippen LogP contribution < -0.4 is 5.73 Å². The number of rotatable bonds is 5. The van der Waals surface area contributed by atoms with Crippen LogP contribution in [0.5, 0.6) is 0 Å². The van der Waals surface area contributed by atoms with Gasteiger partial charge in [-0.3, -0.25) is 19.7 Å². The van der Waals surface area contributed by atoms with E-state index in [-0.39, 0.29) is 11.7 Å². The number of nitrogens with zero attached hydrogens (tertiary/aromatic N) is 4. The molecule has 116 valence electrons. The van der Waals surface area contributed by atoms with Gasteiger partial charge in [0.1, 0.15) is 12.4 Å². The van der Waals surface area contributed by atoms with E-state index in [1.807, 2.05) is 18.2 Å². The Morgan fingerprint density at radius 2 is 2.05 bits per heavy atom. The van der Waals surface area contributed by atoms with Gasteiger partial charge in [0, 0.05) is 31.6 Å². The zero-order chi connectivity index (χ0) is 15.5. The van der Waals surface area contributed by atoms with Crippen molar-refractivity contribution >= 4 is 5.69 Å². The van der Waals surface area contributed by atoms with Gasteiger partial charge in [-0.2, -0.15) is 5.10 Å². The normalized spacial score (nSPS) is 22.0. The van der Waals surface area contributed by atoms with Gasteiger partial charge < -0.3 is 5.73 Å². The fourth-order valence-electron chi connectivity index (χ4n) is 2.96. The first-order valence-corrected chi connectivity index (χ1v) is 7.33. The molecule has 1 aliphatic rings. The minimum Gasteiger partial charge on any atom is -0.326 e. The zero-order valence-electron chi connectivity index (χ0n) is 12.2. The molecule has 3 rings (SSSR count). The molecule has 0 aliphatic carbocycles. The van der Waals surface area contributed by atoms with Crippen molar-refractivity contribution in [3.05, 3.63) is 58.4 Å². The molecule has 1 fully saturated rings. The highest BCUT2D eigenvalue weighted by Crippen LogP contribution is 2.26. The predicted molar refractivity (Wildman–Crippen MR) is 82.5 cm³/mol. The number of nitro groups is 1. The summed E-state index contributed by atoms with van der Waals surface area (Å²) in [5.41, 5.74) is 7.56. The lowest BCUT2D eigenvalue weighted by Crippen LogP contribution is -2.30. The van der Waals surface area contributed by atoms with Crippen LogP contribution in [0.1, 0.15) is 11.5 Å². The molecule has 7 heteroatoms. The minimum absolute atomic E-state index is 0.0280. The summed E-state index contributed by atoms with van der Waals surface area (Å²) in [7, 11) is 0. The van der Waals surface area contributed by atoms with Crippen molar-refractivity contribution in [1.29, 1.82) is 0 Å². The molecule has 1 aromatic carbocycles. The van der Waals surface area contributed by atoms with Crippen molar-refractivity contribution in [3.63, 3.8) is 0 Å². The van der Waals surface area contributed by atoms with Crippen molar-refractivity contribution in [2.24, 2.45) is 5.73 Å². The molecule has 2 atom stereocenters. The van der Waals surface area contributed by atoms with Gasteiger partial charge in [-0.1, -0.05) is 30.3 Å². The summed E-state index contributed by atoms with van der Waals surface area (Å²) in [5.74, 6) is 0.341. The molecule has 1 aromatic heterocycles. The van der Waals surface area contributed by atoms with Gasteiger partial charge in [0.05, 0.1) is 11.5 Å². The highest BCUT2D eigenvalue weighted by Gasteiger charge is 2.30. The summed E-state index contributed by atoms with van der Waals surface area (Å²) >= 11 is 0. The van der Waals surface area contributed by atoms with E-state index in [1.54, 1.807) is 4.68 Å². The van der Waals surface area contributed by atoms with E-state index >= 15 is 0 Å². The van der Waals surface area contributed by atoms with Gasteiger partial charge in [0.2, 0.25) is 0 Å². The van der Waals surface area contributed by atoms with E-state index in [0.29, 0.717) is 12.5 Å². The SMILES string of the molecule is N[C@@H]1CN(CCn2cc([N+](=O)[O-])cn2)C[C@H]1c1ccccc1. The third-order valence-corrected chi connectivity index (χ3v) is 4.14. The molecule has 0 radical (unpaired) electrons.